The molecule has 0 saturated heterocycles. The van der Waals surface area contributed by atoms with Gasteiger partial charge in [0.05, 0.1) is 0 Å². The Morgan fingerprint density at radius 3 is 2.80 bits per heavy atom. The Balaban J connectivity index is 2.76. The molecule has 0 aliphatic heterocycles. The maximum Gasteiger partial charge on any atom is -0.00130 e. The largest absolute Gasteiger partial charge is 0.0952 e. The van der Waals surface area contributed by atoms with Crippen LogP contribution in [-0.2, 0) is 0 Å². The molecular weight excluding hydrogens is 120 g/mol. The lowest BCUT2D eigenvalue weighted by Gasteiger charge is -2.12. The monoisotopic (exact) mass is 134 g/mol. The second kappa shape index (κ2) is 2.87. The van der Waals surface area contributed by atoms with Crippen LogP contribution >= 0.6 is 0 Å². The van der Waals surface area contributed by atoms with Gasteiger partial charge in [-0.2, -0.15) is 0 Å². The van der Waals surface area contributed by atoms with Crippen molar-refractivity contribution in [2.24, 2.45) is 5.92 Å². The van der Waals surface area contributed by atoms with E-state index >= 15 is 0 Å². The summed E-state index contributed by atoms with van der Waals surface area (Å²) in [6.07, 6.45) is 7.70. The summed E-state index contributed by atoms with van der Waals surface area (Å²) in [5.74, 6) is 0.537. The summed E-state index contributed by atoms with van der Waals surface area (Å²) in [5, 5.41) is 0. The van der Waals surface area contributed by atoms with Crippen molar-refractivity contribution in [2.75, 3.05) is 0 Å². The van der Waals surface area contributed by atoms with Crippen LogP contribution in [0.3, 0.4) is 0 Å². The number of hydrogen-bond donors (Lipinski definition) is 0. The van der Waals surface area contributed by atoms with E-state index in [9.17, 15) is 0 Å². The molecule has 0 radical (unpaired) electrons. The van der Waals surface area contributed by atoms with Crippen LogP contribution in [-0.4, -0.2) is 0 Å². The van der Waals surface area contributed by atoms with Gasteiger partial charge in [-0.25, -0.2) is 0 Å². The van der Waals surface area contributed by atoms with E-state index in [2.05, 4.69) is 38.7 Å². The number of hydrogen-bond acceptors (Lipinski definition) is 0. The molecule has 1 rings (SSSR count). The van der Waals surface area contributed by atoms with Gasteiger partial charge in [-0.05, 0) is 23.5 Å². The van der Waals surface area contributed by atoms with E-state index in [0.29, 0.717) is 5.92 Å². The van der Waals surface area contributed by atoms with Crippen LogP contribution in [0, 0.1) is 5.92 Å². The first-order chi connectivity index (χ1) is 4.74. The Kier molecular flexibility index (Phi) is 2.10. The highest BCUT2D eigenvalue weighted by molar-refractivity contribution is 5.36. The Morgan fingerprint density at radius 2 is 2.30 bits per heavy atom. The summed E-state index contributed by atoms with van der Waals surface area (Å²) in [7, 11) is 0. The summed E-state index contributed by atoms with van der Waals surface area (Å²) in [4.78, 5) is 0. The van der Waals surface area contributed by atoms with Crippen LogP contribution < -0.4 is 0 Å². The van der Waals surface area contributed by atoms with Gasteiger partial charge in [0.2, 0.25) is 0 Å². The van der Waals surface area contributed by atoms with Crippen LogP contribution in [0.25, 0.3) is 0 Å². The molecule has 0 bridgehead atoms. The third-order valence-corrected chi connectivity index (χ3v) is 1.96. The molecule has 0 nitrogen and oxygen atoms in total. The molecule has 0 N–H and O–H groups in total. The number of rotatable bonds is 1. The van der Waals surface area contributed by atoms with Gasteiger partial charge >= 0.3 is 0 Å². The fourth-order valence-corrected chi connectivity index (χ4v) is 1.03. The van der Waals surface area contributed by atoms with Crippen molar-refractivity contribution in [3.05, 3.63) is 36.0 Å². The zero-order valence-corrected chi connectivity index (χ0v) is 6.72. The van der Waals surface area contributed by atoms with Gasteiger partial charge in [0, 0.05) is 0 Å². The first kappa shape index (κ1) is 7.33. The molecule has 1 aliphatic carbocycles. The standard InChI is InChI=1S/C10H14/c1-4-10-6-5-8(2)9(3)7-10/h5-8H,3-4H2,1-2H3. The van der Waals surface area contributed by atoms with E-state index in [4.69, 9.17) is 0 Å². The normalized spacial score (nSPS) is 24.8. The molecular formula is C10H14. The molecule has 0 heteroatoms. The Hall–Kier alpha value is -0.780. The minimum atomic E-state index is 0.537. The van der Waals surface area contributed by atoms with Gasteiger partial charge in [0.1, 0.15) is 0 Å². The van der Waals surface area contributed by atoms with Crippen molar-refractivity contribution in [1.29, 1.82) is 0 Å². The lowest BCUT2D eigenvalue weighted by molar-refractivity contribution is 0.874. The molecule has 0 fully saturated rings. The third kappa shape index (κ3) is 1.38. The molecule has 0 spiro atoms. The van der Waals surface area contributed by atoms with Crippen molar-refractivity contribution < 1.29 is 0 Å². The third-order valence-electron chi connectivity index (χ3n) is 1.96. The predicted molar refractivity (Wildman–Crippen MR) is 45.8 cm³/mol. The maximum atomic E-state index is 3.97. The van der Waals surface area contributed by atoms with Crippen LogP contribution in [0.15, 0.2) is 36.0 Å². The van der Waals surface area contributed by atoms with Gasteiger partial charge in [-0.1, -0.05) is 38.7 Å². The van der Waals surface area contributed by atoms with Crippen LogP contribution in [0.2, 0.25) is 0 Å². The fraction of sp³-hybridized carbons (Fsp3) is 0.400. The summed E-state index contributed by atoms with van der Waals surface area (Å²) < 4.78 is 0. The minimum Gasteiger partial charge on any atom is -0.0952 e. The molecule has 0 aromatic rings. The highest BCUT2D eigenvalue weighted by atomic mass is 14.1. The summed E-state index contributed by atoms with van der Waals surface area (Å²) in [6.45, 7) is 8.30. The van der Waals surface area contributed by atoms with Crippen molar-refractivity contribution in [3.8, 4) is 0 Å². The highest BCUT2D eigenvalue weighted by Crippen LogP contribution is 2.21. The lowest BCUT2D eigenvalue weighted by atomic mass is 9.93. The molecule has 1 unspecified atom stereocenters. The van der Waals surface area contributed by atoms with E-state index in [1.165, 1.54) is 11.1 Å². The summed E-state index contributed by atoms with van der Waals surface area (Å²) in [6, 6.07) is 0. The molecule has 10 heavy (non-hydrogen) atoms. The average molecular weight is 134 g/mol. The second-order valence-corrected chi connectivity index (χ2v) is 2.80. The van der Waals surface area contributed by atoms with Gasteiger partial charge in [0.15, 0.2) is 0 Å². The molecule has 1 aliphatic rings. The molecule has 0 saturated carbocycles. The zero-order chi connectivity index (χ0) is 7.56. The van der Waals surface area contributed by atoms with Crippen LogP contribution in [0.4, 0.5) is 0 Å². The van der Waals surface area contributed by atoms with Crippen molar-refractivity contribution in [2.45, 2.75) is 20.3 Å². The first-order valence-electron chi connectivity index (χ1n) is 3.81. The molecule has 1 atom stereocenters. The lowest BCUT2D eigenvalue weighted by Crippen LogP contribution is -1.97. The molecule has 0 aromatic heterocycles. The maximum absolute atomic E-state index is 3.97. The smallest absolute Gasteiger partial charge is 0.00130 e. The van der Waals surface area contributed by atoms with Crippen molar-refractivity contribution >= 4 is 0 Å². The Labute approximate surface area is 62.9 Å². The Morgan fingerprint density at radius 1 is 1.60 bits per heavy atom. The highest BCUT2D eigenvalue weighted by Gasteiger charge is 2.04. The molecule has 54 valence electrons. The van der Waals surface area contributed by atoms with Crippen molar-refractivity contribution in [3.63, 3.8) is 0 Å². The zero-order valence-electron chi connectivity index (χ0n) is 6.72. The topological polar surface area (TPSA) is 0 Å². The van der Waals surface area contributed by atoms with Gasteiger partial charge in [-0.3, -0.25) is 0 Å². The summed E-state index contributed by atoms with van der Waals surface area (Å²) in [5.41, 5.74) is 2.63. The van der Waals surface area contributed by atoms with Gasteiger partial charge in [0.25, 0.3) is 0 Å². The quantitative estimate of drug-likeness (QED) is 0.517. The van der Waals surface area contributed by atoms with Gasteiger partial charge in [-0.15, -0.1) is 0 Å². The molecule has 0 amide bonds. The summed E-state index contributed by atoms with van der Waals surface area (Å²) >= 11 is 0. The number of allylic oxidation sites excluding steroid dienone is 5. The van der Waals surface area contributed by atoms with E-state index in [-0.39, 0.29) is 0 Å². The Bertz CT molecular complexity index is 194. The molecule has 0 heterocycles. The molecule has 0 aromatic carbocycles. The SMILES string of the molecule is C=C1C=C(CC)C=CC1C. The second-order valence-electron chi connectivity index (χ2n) is 2.80. The predicted octanol–water partition coefficient (Wildman–Crippen LogP) is 3.08. The van der Waals surface area contributed by atoms with E-state index in [1.807, 2.05) is 0 Å². The average Bonchev–Trinajstić information content (AvgIpc) is 1.95. The van der Waals surface area contributed by atoms with E-state index in [1.54, 1.807) is 0 Å². The van der Waals surface area contributed by atoms with Crippen molar-refractivity contribution in [1.82, 2.24) is 0 Å². The fourth-order valence-electron chi connectivity index (χ4n) is 1.03. The van der Waals surface area contributed by atoms with E-state index in [0.717, 1.165) is 6.42 Å². The first-order valence-corrected chi connectivity index (χ1v) is 3.81. The van der Waals surface area contributed by atoms with E-state index < -0.39 is 0 Å². The van der Waals surface area contributed by atoms with Gasteiger partial charge < -0.3 is 0 Å². The van der Waals surface area contributed by atoms with Crippen LogP contribution in [0.5, 0.6) is 0 Å². The minimum absolute atomic E-state index is 0.537. The van der Waals surface area contributed by atoms with Crippen LogP contribution in [0.1, 0.15) is 20.3 Å².